The van der Waals surface area contributed by atoms with Crippen molar-refractivity contribution in [2.45, 2.75) is 58.0 Å². The highest BCUT2D eigenvalue weighted by molar-refractivity contribution is 5.25. The second kappa shape index (κ2) is 5.36. The van der Waals surface area contributed by atoms with Crippen molar-refractivity contribution in [3.63, 3.8) is 0 Å². The Balaban J connectivity index is 1.84. The first-order valence-corrected chi connectivity index (χ1v) is 5.21. The second-order valence-electron chi connectivity index (χ2n) is 3.70. The Kier molecular flexibility index (Phi) is 4.37. The van der Waals surface area contributed by atoms with E-state index in [0.29, 0.717) is 0 Å². The Hall–Kier alpha value is -0.300. The van der Waals surface area contributed by atoms with E-state index in [0.717, 1.165) is 12.8 Å². The standard InChI is InChI=1S/C11H20O/c1-2-3-4-5-6-7-11(12)10-8-9-10/h8,11-12H,2-7,9H2,1H3. The number of rotatable bonds is 7. The molecule has 1 unspecified atom stereocenters. The number of aliphatic hydroxyl groups is 1. The van der Waals surface area contributed by atoms with Crippen molar-refractivity contribution in [2.75, 3.05) is 0 Å². The fourth-order valence-corrected chi connectivity index (χ4v) is 1.46. The lowest BCUT2D eigenvalue weighted by atomic mass is 10.1. The van der Waals surface area contributed by atoms with E-state index in [-0.39, 0.29) is 6.10 Å². The summed E-state index contributed by atoms with van der Waals surface area (Å²) < 4.78 is 0. The molecule has 1 atom stereocenters. The van der Waals surface area contributed by atoms with Crippen LogP contribution in [0, 0.1) is 0 Å². The highest BCUT2D eigenvalue weighted by Gasteiger charge is 2.16. The zero-order valence-corrected chi connectivity index (χ0v) is 8.05. The van der Waals surface area contributed by atoms with Gasteiger partial charge in [0.15, 0.2) is 0 Å². The van der Waals surface area contributed by atoms with Gasteiger partial charge >= 0.3 is 0 Å². The molecule has 1 nitrogen and oxygen atoms in total. The zero-order chi connectivity index (χ0) is 8.81. The number of hydrogen-bond donors (Lipinski definition) is 1. The summed E-state index contributed by atoms with van der Waals surface area (Å²) in [5.74, 6) is 0. The monoisotopic (exact) mass is 168 g/mol. The van der Waals surface area contributed by atoms with Gasteiger partial charge in [0.2, 0.25) is 0 Å². The van der Waals surface area contributed by atoms with E-state index in [1.165, 1.54) is 37.7 Å². The van der Waals surface area contributed by atoms with Crippen molar-refractivity contribution in [3.8, 4) is 0 Å². The van der Waals surface area contributed by atoms with Crippen LogP contribution in [-0.4, -0.2) is 11.2 Å². The predicted octanol–water partition coefficient (Wildman–Crippen LogP) is 3.04. The highest BCUT2D eigenvalue weighted by Crippen LogP contribution is 2.25. The van der Waals surface area contributed by atoms with Crippen LogP contribution < -0.4 is 0 Å². The van der Waals surface area contributed by atoms with Crippen molar-refractivity contribution in [1.29, 1.82) is 0 Å². The Labute approximate surface area is 75.5 Å². The van der Waals surface area contributed by atoms with Crippen molar-refractivity contribution >= 4 is 0 Å². The predicted molar refractivity (Wildman–Crippen MR) is 52.1 cm³/mol. The Morgan fingerprint density at radius 3 is 2.58 bits per heavy atom. The normalized spacial score (nSPS) is 17.3. The van der Waals surface area contributed by atoms with Crippen LogP contribution in [0.1, 0.15) is 51.9 Å². The molecule has 0 heterocycles. The van der Waals surface area contributed by atoms with E-state index in [2.05, 4.69) is 13.0 Å². The van der Waals surface area contributed by atoms with E-state index < -0.39 is 0 Å². The summed E-state index contributed by atoms with van der Waals surface area (Å²) in [6, 6.07) is 0. The van der Waals surface area contributed by atoms with Crippen molar-refractivity contribution < 1.29 is 5.11 Å². The lowest BCUT2D eigenvalue weighted by Gasteiger charge is -2.05. The topological polar surface area (TPSA) is 20.2 Å². The Morgan fingerprint density at radius 2 is 2.00 bits per heavy atom. The maximum Gasteiger partial charge on any atom is 0.0753 e. The molecule has 70 valence electrons. The molecule has 0 radical (unpaired) electrons. The molecule has 0 spiro atoms. The maximum atomic E-state index is 9.48. The highest BCUT2D eigenvalue weighted by atomic mass is 16.3. The van der Waals surface area contributed by atoms with E-state index in [1.54, 1.807) is 0 Å². The van der Waals surface area contributed by atoms with E-state index >= 15 is 0 Å². The third-order valence-electron chi connectivity index (χ3n) is 2.45. The molecule has 1 heteroatoms. The van der Waals surface area contributed by atoms with E-state index in [1.807, 2.05) is 0 Å². The molecule has 1 N–H and O–H groups in total. The summed E-state index contributed by atoms with van der Waals surface area (Å²) in [5.41, 5.74) is 1.27. The first-order valence-electron chi connectivity index (χ1n) is 5.21. The van der Waals surface area contributed by atoms with Crippen molar-refractivity contribution in [1.82, 2.24) is 0 Å². The van der Waals surface area contributed by atoms with Gasteiger partial charge < -0.3 is 5.11 Å². The first kappa shape index (κ1) is 9.79. The lowest BCUT2D eigenvalue weighted by molar-refractivity contribution is 0.200. The van der Waals surface area contributed by atoms with Crippen molar-refractivity contribution in [2.24, 2.45) is 0 Å². The SMILES string of the molecule is CCCCCCCC(O)C1=CC1. The smallest absolute Gasteiger partial charge is 0.0753 e. The summed E-state index contributed by atoms with van der Waals surface area (Å²) in [7, 11) is 0. The molecule has 1 rings (SSSR count). The van der Waals surface area contributed by atoms with Gasteiger partial charge in [0.1, 0.15) is 0 Å². The summed E-state index contributed by atoms with van der Waals surface area (Å²) in [4.78, 5) is 0. The molecule has 0 aromatic rings. The van der Waals surface area contributed by atoms with Gasteiger partial charge in [0.25, 0.3) is 0 Å². The van der Waals surface area contributed by atoms with Crippen LogP contribution in [0.15, 0.2) is 11.6 Å². The van der Waals surface area contributed by atoms with Crippen LogP contribution in [0.5, 0.6) is 0 Å². The van der Waals surface area contributed by atoms with Crippen LogP contribution in [0.2, 0.25) is 0 Å². The number of unbranched alkanes of at least 4 members (excludes halogenated alkanes) is 4. The van der Waals surface area contributed by atoms with Gasteiger partial charge in [-0.3, -0.25) is 0 Å². The average Bonchev–Trinajstić information content (AvgIpc) is 2.86. The molecule has 0 saturated carbocycles. The summed E-state index contributed by atoms with van der Waals surface area (Å²) in [6.45, 7) is 2.23. The van der Waals surface area contributed by atoms with Gasteiger partial charge in [0, 0.05) is 0 Å². The molecule has 0 fully saturated rings. The van der Waals surface area contributed by atoms with Gasteiger partial charge in [-0.05, 0) is 18.4 Å². The van der Waals surface area contributed by atoms with Crippen molar-refractivity contribution in [3.05, 3.63) is 11.6 Å². The summed E-state index contributed by atoms with van der Waals surface area (Å²) in [5, 5.41) is 9.48. The van der Waals surface area contributed by atoms with Gasteiger partial charge in [-0.15, -0.1) is 0 Å². The molecule has 0 amide bonds. The molecular formula is C11H20O. The van der Waals surface area contributed by atoms with Crippen LogP contribution >= 0.6 is 0 Å². The molecule has 0 bridgehead atoms. The number of allylic oxidation sites excluding steroid dienone is 1. The van der Waals surface area contributed by atoms with Gasteiger partial charge in [-0.25, -0.2) is 0 Å². The van der Waals surface area contributed by atoms with Crippen LogP contribution in [0.25, 0.3) is 0 Å². The molecule has 0 aromatic carbocycles. The summed E-state index contributed by atoms with van der Waals surface area (Å²) >= 11 is 0. The molecular weight excluding hydrogens is 148 g/mol. The fourth-order valence-electron chi connectivity index (χ4n) is 1.46. The van der Waals surface area contributed by atoms with Crippen LogP contribution in [0.3, 0.4) is 0 Å². The summed E-state index contributed by atoms with van der Waals surface area (Å²) in [6.07, 6.45) is 10.5. The largest absolute Gasteiger partial charge is 0.389 e. The first-order chi connectivity index (χ1) is 5.84. The number of hydrogen-bond acceptors (Lipinski definition) is 1. The molecule has 1 aliphatic carbocycles. The minimum atomic E-state index is -0.105. The Morgan fingerprint density at radius 1 is 1.33 bits per heavy atom. The third-order valence-corrected chi connectivity index (χ3v) is 2.45. The molecule has 0 saturated heterocycles. The van der Waals surface area contributed by atoms with Crippen LogP contribution in [-0.2, 0) is 0 Å². The molecule has 12 heavy (non-hydrogen) atoms. The van der Waals surface area contributed by atoms with Gasteiger partial charge in [-0.2, -0.15) is 0 Å². The minimum absolute atomic E-state index is 0.105. The minimum Gasteiger partial charge on any atom is -0.389 e. The molecule has 0 aliphatic heterocycles. The second-order valence-corrected chi connectivity index (χ2v) is 3.70. The fraction of sp³-hybridized carbons (Fsp3) is 0.818. The zero-order valence-electron chi connectivity index (χ0n) is 8.05. The van der Waals surface area contributed by atoms with E-state index in [9.17, 15) is 5.11 Å². The maximum absolute atomic E-state index is 9.48. The molecule has 1 aliphatic rings. The third kappa shape index (κ3) is 3.91. The van der Waals surface area contributed by atoms with Gasteiger partial charge in [-0.1, -0.05) is 45.1 Å². The average molecular weight is 168 g/mol. The van der Waals surface area contributed by atoms with Crippen LogP contribution in [0.4, 0.5) is 0 Å². The number of aliphatic hydroxyl groups excluding tert-OH is 1. The quantitative estimate of drug-likeness (QED) is 0.457. The van der Waals surface area contributed by atoms with Gasteiger partial charge in [0.05, 0.1) is 6.10 Å². The molecule has 0 aromatic heterocycles. The van der Waals surface area contributed by atoms with E-state index in [4.69, 9.17) is 0 Å². The lowest BCUT2D eigenvalue weighted by Crippen LogP contribution is -2.03. The Bertz CT molecular complexity index is 149.